The van der Waals surface area contributed by atoms with Gasteiger partial charge in [0, 0.05) is 5.56 Å². The smallest absolute Gasteiger partial charge is 0.131 e. The molecule has 0 bridgehead atoms. The molecule has 0 fully saturated rings. The number of halogens is 2. The molecule has 19 heavy (non-hydrogen) atoms. The molecule has 6 heteroatoms. The minimum Gasteiger partial charge on any atom is -0.323 e. The molecule has 0 saturated heterocycles. The van der Waals surface area contributed by atoms with Crippen molar-refractivity contribution < 1.29 is 8.78 Å². The summed E-state index contributed by atoms with van der Waals surface area (Å²) in [6, 6.07) is 3.58. The molecule has 0 aliphatic carbocycles. The van der Waals surface area contributed by atoms with Crippen LogP contribution in [0.1, 0.15) is 37.1 Å². The second kappa shape index (κ2) is 5.88. The molecule has 0 amide bonds. The lowest BCUT2D eigenvalue weighted by molar-refractivity contribution is 0.528. The van der Waals surface area contributed by atoms with Crippen LogP contribution in [0.15, 0.2) is 24.4 Å². The predicted octanol–water partition coefficient (Wildman–Crippen LogP) is 2.40. The van der Waals surface area contributed by atoms with Gasteiger partial charge in [0.1, 0.15) is 11.6 Å². The summed E-state index contributed by atoms with van der Waals surface area (Å²) in [4.78, 5) is 0. The zero-order valence-corrected chi connectivity index (χ0v) is 10.7. The number of rotatable bonds is 5. The normalized spacial score (nSPS) is 12.6. The van der Waals surface area contributed by atoms with E-state index in [9.17, 15) is 8.78 Å². The molecular weight excluding hydrogens is 250 g/mol. The van der Waals surface area contributed by atoms with Crippen LogP contribution in [-0.4, -0.2) is 15.0 Å². The largest absolute Gasteiger partial charge is 0.323 e. The molecule has 1 atom stereocenters. The minimum absolute atomic E-state index is 0.00432. The standard InChI is InChI=1S/C13H16F2N4/c1-2-4-12(16)13-8-19(18-17-13)7-9-10(14)5-3-6-11(9)15/h3,5-6,8,12H,2,4,7,16H2,1H3. The molecule has 0 radical (unpaired) electrons. The van der Waals surface area contributed by atoms with E-state index in [0.29, 0.717) is 5.69 Å². The van der Waals surface area contributed by atoms with E-state index in [-0.39, 0.29) is 18.2 Å². The summed E-state index contributed by atoms with van der Waals surface area (Å²) in [5, 5.41) is 7.78. The van der Waals surface area contributed by atoms with Gasteiger partial charge >= 0.3 is 0 Å². The van der Waals surface area contributed by atoms with E-state index in [0.717, 1.165) is 12.8 Å². The molecule has 2 N–H and O–H groups in total. The van der Waals surface area contributed by atoms with Gasteiger partial charge < -0.3 is 5.73 Å². The summed E-state index contributed by atoms with van der Waals surface area (Å²) in [6.07, 6.45) is 3.37. The Labute approximate surface area is 110 Å². The highest BCUT2D eigenvalue weighted by molar-refractivity contribution is 5.20. The zero-order chi connectivity index (χ0) is 13.8. The van der Waals surface area contributed by atoms with Crippen molar-refractivity contribution in [2.45, 2.75) is 32.4 Å². The van der Waals surface area contributed by atoms with E-state index in [2.05, 4.69) is 10.3 Å². The zero-order valence-electron chi connectivity index (χ0n) is 10.7. The Balaban J connectivity index is 2.16. The summed E-state index contributed by atoms with van der Waals surface area (Å²) in [5.74, 6) is -1.18. The SMILES string of the molecule is CCCC(N)c1cn(Cc2c(F)cccc2F)nn1. The van der Waals surface area contributed by atoms with Crippen LogP contribution >= 0.6 is 0 Å². The maximum absolute atomic E-state index is 13.5. The Morgan fingerprint density at radius 2 is 2.00 bits per heavy atom. The fourth-order valence-corrected chi connectivity index (χ4v) is 1.86. The highest BCUT2D eigenvalue weighted by Crippen LogP contribution is 2.15. The number of benzene rings is 1. The number of hydrogen-bond donors (Lipinski definition) is 1. The van der Waals surface area contributed by atoms with Crippen LogP contribution < -0.4 is 5.73 Å². The fraction of sp³-hybridized carbons (Fsp3) is 0.385. The molecule has 1 aromatic heterocycles. The van der Waals surface area contributed by atoms with Gasteiger partial charge in [-0.1, -0.05) is 24.6 Å². The summed E-state index contributed by atoms with van der Waals surface area (Å²) < 4.78 is 28.4. The molecule has 0 aliphatic rings. The van der Waals surface area contributed by atoms with E-state index < -0.39 is 11.6 Å². The molecule has 0 aliphatic heterocycles. The Hall–Kier alpha value is -1.82. The summed E-state index contributed by atoms with van der Waals surface area (Å²) in [7, 11) is 0. The van der Waals surface area contributed by atoms with Gasteiger partial charge in [0.15, 0.2) is 0 Å². The summed E-state index contributed by atoms with van der Waals surface area (Å²) in [5.41, 5.74) is 6.52. The van der Waals surface area contributed by atoms with Gasteiger partial charge in [0.25, 0.3) is 0 Å². The van der Waals surface area contributed by atoms with Crippen molar-refractivity contribution in [1.29, 1.82) is 0 Å². The minimum atomic E-state index is -0.588. The first-order chi connectivity index (χ1) is 9.11. The maximum Gasteiger partial charge on any atom is 0.131 e. The van der Waals surface area contributed by atoms with E-state index >= 15 is 0 Å². The summed E-state index contributed by atoms with van der Waals surface area (Å²) in [6.45, 7) is 2.03. The maximum atomic E-state index is 13.5. The Morgan fingerprint density at radius 1 is 1.32 bits per heavy atom. The van der Waals surface area contributed by atoms with Gasteiger partial charge in [-0.2, -0.15) is 0 Å². The van der Waals surface area contributed by atoms with Gasteiger partial charge in [0.2, 0.25) is 0 Å². The first kappa shape index (κ1) is 13.6. The van der Waals surface area contributed by atoms with Crippen LogP contribution in [0, 0.1) is 11.6 Å². The van der Waals surface area contributed by atoms with Crippen LogP contribution in [0.2, 0.25) is 0 Å². The first-order valence-corrected chi connectivity index (χ1v) is 6.20. The second-order valence-electron chi connectivity index (χ2n) is 4.44. The predicted molar refractivity (Wildman–Crippen MR) is 67.3 cm³/mol. The molecule has 4 nitrogen and oxygen atoms in total. The average Bonchev–Trinajstić information content (AvgIpc) is 2.83. The lowest BCUT2D eigenvalue weighted by Gasteiger charge is -2.05. The van der Waals surface area contributed by atoms with Gasteiger partial charge in [0.05, 0.1) is 24.5 Å². The third-order valence-electron chi connectivity index (χ3n) is 2.92. The van der Waals surface area contributed by atoms with Crippen LogP contribution in [0.25, 0.3) is 0 Å². The van der Waals surface area contributed by atoms with Gasteiger partial charge in [-0.15, -0.1) is 5.10 Å². The highest BCUT2D eigenvalue weighted by atomic mass is 19.1. The summed E-state index contributed by atoms with van der Waals surface area (Å²) >= 11 is 0. The number of nitrogens with zero attached hydrogens (tertiary/aromatic N) is 3. The van der Waals surface area contributed by atoms with Crippen molar-refractivity contribution in [1.82, 2.24) is 15.0 Å². The molecule has 2 rings (SSSR count). The van der Waals surface area contributed by atoms with E-state index in [1.165, 1.54) is 22.9 Å². The quantitative estimate of drug-likeness (QED) is 0.904. The van der Waals surface area contributed by atoms with E-state index in [4.69, 9.17) is 5.73 Å². The van der Waals surface area contributed by atoms with Crippen LogP contribution in [-0.2, 0) is 6.54 Å². The first-order valence-electron chi connectivity index (χ1n) is 6.20. The number of aromatic nitrogens is 3. The van der Waals surface area contributed by atoms with Crippen LogP contribution in [0.3, 0.4) is 0 Å². The van der Waals surface area contributed by atoms with Crippen molar-refractivity contribution >= 4 is 0 Å². The fourth-order valence-electron chi connectivity index (χ4n) is 1.86. The molecule has 1 heterocycles. The average molecular weight is 266 g/mol. The van der Waals surface area contributed by atoms with Crippen LogP contribution in [0.5, 0.6) is 0 Å². The molecular formula is C13H16F2N4. The molecule has 0 saturated carbocycles. The topological polar surface area (TPSA) is 56.7 Å². The third kappa shape index (κ3) is 3.14. The molecule has 0 spiro atoms. The molecule has 102 valence electrons. The lowest BCUT2D eigenvalue weighted by Crippen LogP contribution is -2.10. The second-order valence-corrected chi connectivity index (χ2v) is 4.44. The van der Waals surface area contributed by atoms with Crippen molar-refractivity contribution in [2.75, 3.05) is 0 Å². The Kier molecular flexibility index (Phi) is 4.21. The Bertz CT molecular complexity index is 533. The van der Waals surface area contributed by atoms with Crippen molar-refractivity contribution in [2.24, 2.45) is 5.73 Å². The van der Waals surface area contributed by atoms with Gasteiger partial charge in [-0.05, 0) is 18.6 Å². The Morgan fingerprint density at radius 3 is 2.63 bits per heavy atom. The van der Waals surface area contributed by atoms with Crippen LogP contribution in [0.4, 0.5) is 8.78 Å². The number of nitrogens with two attached hydrogens (primary N) is 1. The molecule has 1 unspecified atom stereocenters. The molecule has 2 aromatic rings. The highest BCUT2D eigenvalue weighted by Gasteiger charge is 2.13. The van der Waals surface area contributed by atoms with Gasteiger partial charge in [-0.25, -0.2) is 13.5 Å². The van der Waals surface area contributed by atoms with Crippen molar-refractivity contribution in [3.05, 3.63) is 47.3 Å². The van der Waals surface area contributed by atoms with E-state index in [1.54, 1.807) is 6.20 Å². The lowest BCUT2D eigenvalue weighted by atomic mass is 10.1. The van der Waals surface area contributed by atoms with E-state index in [1.807, 2.05) is 6.92 Å². The van der Waals surface area contributed by atoms with Crippen molar-refractivity contribution in [3.8, 4) is 0 Å². The van der Waals surface area contributed by atoms with Crippen molar-refractivity contribution in [3.63, 3.8) is 0 Å². The number of hydrogen-bond acceptors (Lipinski definition) is 3. The van der Waals surface area contributed by atoms with Gasteiger partial charge in [-0.3, -0.25) is 0 Å². The third-order valence-corrected chi connectivity index (χ3v) is 2.92. The molecule has 1 aromatic carbocycles. The monoisotopic (exact) mass is 266 g/mol.